The van der Waals surface area contributed by atoms with Crippen LogP contribution in [0.15, 0.2) is 12.3 Å². The number of piperidine rings is 1. The lowest BCUT2D eigenvalue weighted by atomic mass is 10.0. The van der Waals surface area contributed by atoms with Crippen LogP contribution in [0, 0.1) is 0 Å². The lowest BCUT2D eigenvalue weighted by molar-refractivity contribution is -0.0773. The molecule has 4 rings (SSSR count). The molecule has 2 atom stereocenters. The van der Waals surface area contributed by atoms with Crippen LogP contribution in [-0.4, -0.2) is 71.0 Å². The maximum Gasteiger partial charge on any atom is 0.217 e. The third kappa shape index (κ3) is 2.93. The van der Waals surface area contributed by atoms with Gasteiger partial charge in [-0.2, -0.15) is 9.40 Å². The Morgan fingerprint density at radius 2 is 2.13 bits per heavy atom. The van der Waals surface area contributed by atoms with Gasteiger partial charge in [0, 0.05) is 39.4 Å². The molecule has 3 aliphatic rings. The van der Waals surface area contributed by atoms with E-state index in [1.807, 2.05) is 17.8 Å². The zero-order valence-corrected chi connectivity index (χ0v) is 14.3. The summed E-state index contributed by atoms with van der Waals surface area (Å²) in [6.45, 7) is 3.50. The molecule has 1 aromatic heterocycles. The first-order valence-corrected chi connectivity index (χ1v) is 9.87. The van der Waals surface area contributed by atoms with Crippen molar-refractivity contribution in [1.82, 2.24) is 19.0 Å². The molecule has 0 radical (unpaired) electrons. The average molecular weight is 340 g/mol. The van der Waals surface area contributed by atoms with Crippen molar-refractivity contribution in [3.8, 4) is 0 Å². The van der Waals surface area contributed by atoms with Crippen LogP contribution in [-0.2, 0) is 28.4 Å². The van der Waals surface area contributed by atoms with Gasteiger partial charge in [0.2, 0.25) is 10.0 Å². The summed E-state index contributed by atoms with van der Waals surface area (Å²) in [6, 6.07) is 1.97. The van der Waals surface area contributed by atoms with Gasteiger partial charge in [-0.15, -0.1) is 0 Å². The number of aryl methyl sites for hydroxylation is 1. The summed E-state index contributed by atoms with van der Waals surface area (Å²) in [6.07, 6.45) is 4.36. The molecule has 0 bridgehead atoms. The van der Waals surface area contributed by atoms with E-state index in [2.05, 4.69) is 10.00 Å². The number of sulfonamides is 1. The largest absolute Gasteiger partial charge is 0.375 e. The van der Waals surface area contributed by atoms with Crippen molar-refractivity contribution in [2.75, 3.05) is 26.2 Å². The SMILES string of the molecule is Cn1nccc1CN1CC[C@H]2OCCN(S(=O)(=O)C3CC3)[C@@H]2C1. The molecule has 1 aliphatic carbocycles. The summed E-state index contributed by atoms with van der Waals surface area (Å²) < 4.78 is 34.9. The Hall–Kier alpha value is -0.960. The number of likely N-dealkylation sites (tertiary alicyclic amines) is 1. The van der Waals surface area contributed by atoms with Crippen LogP contribution >= 0.6 is 0 Å². The monoisotopic (exact) mass is 340 g/mol. The summed E-state index contributed by atoms with van der Waals surface area (Å²) in [4.78, 5) is 2.32. The normalized spacial score (nSPS) is 30.3. The Morgan fingerprint density at radius 1 is 1.30 bits per heavy atom. The van der Waals surface area contributed by atoms with E-state index in [9.17, 15) is 8.42 Å². The smallest absolute Gasteiger partial charge is 0.217 e. The van der Waals surface area contributed by atoms with Gasteiger partial charge in [-0.05, 0) is 25.3 Å². The van der Waals surface area contributed by atoms with Gasteiger partial charge in [0.1, 0.15) is 0 Å². The van der Waals surface area contributed by atoms with E-state index in [0.29, 0.717) is 13.2 Å². The molecule has 2 aliphatic heterocycles. The van der Waals surface area contributed by atoms with E-state index in [-0.39, 0.29) is 17.4 Å². The molecule has 1 aromatic rings. The van der Waals surface area contributed by atoms with Crippen LogP contribution in [0.3, 0.4) is 0 Å². The van der Waals surface area contributed by atoms with Crippen molar-refractivity contribution < 1.29 is 13.2 Å². The van der Waals surface area contributed by atoms with Crippen LogP contribution in [0.2, 0.25) is 0 Å². The van der Waals surface area contributed by atoms with Crippen LogP contribution in [0.1, 0.15) is 25.0 Å². The maximum atomic E-state index is 12.7. The molecular formula is C15H24N4O3S. The van der Waals surface area contributed by atoms with Gasteiger partial charge in [-0.3, -0.25) is 9.58 Å². The molecule has 0 unspecified atom stereocenters. The Balaban J connectivity index is 1.50. The summed E-state index contributed by atoms with van der Waals surface area (Å²) >= 11 is 0. The standard InChI is InChI=1S/C15H24N4O3S/c1-17-12(4-6-16-17)10-18-7-5-15-14(11-18)19(8-9-22-15)23(20,21)13-2-3-13/h4,6,13-15H,2-3,5,7-11H2,1H3/t14-,15-/m1/s1. The summed E-state index contributed by atoms with van der Waals surface area (Å²) in [5.74, 6) is 0. The molecule has 1 saturated carbocycles. The number of morpholine rings is 1. The lowest BCUT2D eigenvalue weighted by Crippen LogP contribution is -2.61. The molecule has 0 spiro atoms. The van der Waals surface area contributed by atoms with E-state index in [4.69, 9.17) is 4.74 Å². The number of fused-ring (bicyclic) bond motifs is 1. The van der Waals surface area contributed by atoms with Gasteiger partial charge < -0.3 is 4.74 Å². The quantitative estimate of drug-likeness (QED) is 0.783. The Kier molecular flexibility index (Phi) is 3.95. The minimum absolute atomic E-state index is 0.0417. The highest BCUT2D eigenvalue weighted by molar-refractivity contribution is 7.90. The molecule has 3 fully saturated rings. The lowest BCUT2D eigenvalue weighted by Gasteiger charge is -2.46. The van der Waals surface area contributed by atoms with Crippen molar-refractivity contribution in [2.24, 2.45) is 7.05 Å². The molecular weight excluding hydrogens is 316 g/mol. The number of hydrogen-bond donors (Lipinski definition) is 0. The molecule has 3 heterocycles. The van der Waals surface area contributed by atoms with E-state index < -0.39 is 10.0 Å². The fraction of sp³-hybridized carbons (Fsp3) is 0.800. The summed E-state index contributed by atoms with van der Waals surface area (Å²) in [7, 11) is -1.20. The Bertz CT molecular complexity index is 670. The third-order valence-corrected chi connectivity index (χ3v) is 7.62. The van der Waals surface area contributed by atoms with E-state index >= 15 is 0 Å². The molecule has 23 heavy (non-hydrogen) atoms. The molecule has 7 nitrogen and oxygen atoms in total. The van der Waals surface area contributed by atoms with Gasteiger partial charge in [-0.1, -0.05) is 0 Å². The van der Waals surface area contributed by atoms with Gasteiger partial charge in [0.25, 0.3) is 0 Å². The summed E-state index contributed by atoms with van der Waals surface area (Å²) in [5, 5.41) is 4.06. The van der Waals surface area contributed by atoms with Gasteiger partial charge in [0.05, 0.1) is 29.7 Å². The van der Waals surface area contributed by atoms with Crippen LogP contribution in [0.5, 0.6) is 0 Å². The molecule has 0 amide bonds. The fourth-order valence-corrected chi connectivity index (χ4v) is 5.73. The zero-order valence-electron chi connectivity index (χ0n) is 13.5. The van der Waals surface area contributed by atoms with E-state index in [0.717, 1.165) is 44.6 Å². The zero-order chi connectivity index (χ0) is 16.0. The molecule has 8 heteroatoms. The summed E-state index contributed by atoms with van der Waals surface area (Å²) in [5.41, 5.74) is 1.15. The molecule has 2 saturated heterocycles. The van der Waals surface area contributed by atoms with E-state index in [1.165, 1.54) is 0 Å². The number of aromatic nitrogens is 2. The second-order valence-corrected chi connectivity index (χ2v) is 8.97. The average Bonchev–Trinajstić information content (AvgIpc) is 3.33. The second-order valence-electron chi connectivity index (χ2n) is 6.80. The van der Waals surface area contributed by atoms with E-state index in [1.54, 1.807) is 10.5 Å². The first-order valence-electron chi connectivity index (χ1n) is 8.37. The minimum Gasteiger partial charge on any atom is -0.375 e. The van der Waals surface area contributed by atoms with Gasteiger partial charge >= 0.3 is 0 Å². The third-order valence-electron chi connectivity index (χ3n) is 5.20. The van der Waals surface area contributed by atoms with Gasteiger partial charge in [-0.25, -0.2) is 8.42 Å². The minimum atomic E-state index is -3.14. The highest BCUT2D eigenvalue weighted by Crippen LogP contribution is 2.35. The number of ether oxygens (including phenoxy) is 1. The van der Waals surface area contributed by atoms with Crippen molar-refractivity contribution in [1.29, 1.82) is 0 Å². The second kappa shape index (κ2) is 5.84. The Morgan fingerprint density at radius 3 is 2.83 bits per heavy atom. The van der Waals surface area contributed by atoms with Crippen LogP contribution < -0.4 is 0 Å². The topological polar surface area (TPSA) is 67.7 Å². The van der Waals surface area contributed by atoms with Crippen molar-refractivity contribution in [3.05, 3.63) is 18.0 Å². The highest BCUT2D eigenvalue weighted by atomic mass is 32.2. The van der Waals surface area contributed by atoms with Crippen LogP contribution in [0.4, 0.5) is 0 Å². The van der Waals surface area contributed by atoms with Crippen molar-refractivity contribution in [3.63, 3.8) is 0 Å². The predicted molar refractivity (Wildman–Crippen MR) is 85.3 cm³/mol. The van der Waals surface area contributed by atoms with Crippen LogP contribution in [0.25, 0.3) is 0 Å². The van der Waals surface area contributed by atoms with Crippen molar-refractivity contribution in [2.45, 2.75) is 43.2 Å². The first-order chi connectivity index (χ1) is 11.1. The number of rotatable bonds is 4. The highest BCUT2D eigenvalue weighted by Gasteiger charge is 2.47. The maximum absolute atomic E-state index is 12.7. The first kappa shape index (κ1) is 15.6. The Labute approximate surface area is 137 Å². The molecule has 0 aromatic carbocycles. The number of hydrogen-bond acceptors (Lipinski definition) is 5. The van der Waals surface area contributed by atoms with Gasteiger partial charge in [0.15, 0.2) is 0 Å². The molecule has 128 valence electrons. The van der Waals surface area contributed by atoms with Crippen molar-refractivity contribution >= 4 is 10.0 Å². The molecule has 0 N–H and O–H groups in total. The fourth-order valence-electron chi connectivity index (χ4n) is 3.71. The predicted octanol–water partition coefficient (Wildman–Crippen LogP) is 0.187. The number of nitrogens with zero attached hydrogens (tertiary/aromatic N) is 4.